The van der Waals surface area contributed by atoms with E-state index in [2.05, 4.69) is 36.8 Å². The lowest BCUT2D eigenvalue weighted by Crippen LogP contribution is -2.55. The van der Waals surface area contributed by atoms with Gasteiger partial charge in [0.1, 0.15) is 0 Å². The molecule has 146 valence electrons. The average molecular weight is 432 g/mol. The highest BCUT2D eigenvalue weighted by atomic mass is 79.9. The molecular weight excluding hydrogens is 402 g/mol. The van der Waals surface area contributed by atoms with Crippen molar-refractivity contribution in [3.63, 3.8) is 0 Å². The van der Waals surface area contributed by atoms with E-state index in [9.17, 15) is 4.79 Å². The number of nitrogens with zero attached hydrogens (tertiary/aromatic N) is 3. The van der Waals surface area contributed by atoms with E-state index in [4.69, 9.17) is 0 Å². The molecule has 2 heterocycles. The summed E-state index contributed by atoms with van der Waals surface area (Å²) in [7, 11) is 0. The van der Waals surface area contributed by atoms with E-state index in [-0.39, 0.29) is 5.41 Å². The molecule has 5 fully saturated rings. The summed E-state index contributed by atoms with van der Waals surface area (Å²) in [6, 6.07) is 4.13. The fraction of sp³-hybridized carbons (Fsp3) is 0.727. The van der Waals surface area contributed by atoms with Gasteiger partial charge in [-0.15, -0.1) is 0 Å². The van der Waals surface area contributed by atoms with Gasteiger partial charge in [-0.2, -0.15) is 0 Å². The lowest BCUT2D eigenvalue weighted by molar-refractivity contribution is -0.140. The summed E-state index contributed by atoms with van der Waals surface area (Å²) in [6.45, 7) is 4.64. The molecule has 1 aliphatic heterocycles. The third-order valence-electron chi connectivity index (χ3n) is 7.49. The number of hydrogen-bond acceptors (Lipinski definition) is 3. The maximum absolute atomic E-state index is 13.1. The van der Waals surface area contributed by atoms with Gasteiger partial charge in [-0.3, -0.25) is 14.7 Å². The van der Waals surface area contributed by atoms with Crippen molar-refractivity contribution < 1.29 is 4.79 Å². The summed E-state index contributed by atoms with van der Waals surface area (Å²) in [6.07, 6.45) is 12.5. The molecule has 5 aliphatic rings. The number of pyridine rings is 1. The van der Waals surface area contributed by atoms with Gasteiger partial charge in [-0.25, -0.2) is 0 Å². The Morgan fingerprint density at radius 1 is 1.15 bits per heavy atom. The van der Waals surface area contributed by atoms with E-state index in [1.165, 1.54) is 44.1 Å². The molecule has 4 saturated carbocycles. The number of hydrogen-bond donors (Lipinski definition) is 0. The standard InChI is InChI=1S/C22H30BrN3O/c23-22-11-18-8-19(12-22)10-21(9-18,16-22)13-20(27)26-6-4-25(5-7-26)15-17-2-1-3-24-14-17/h1-3,14,18-19H,4-13,15-16H2. The number of carbonyl (C=O) groups is 1. The van der Waals surface area contributed by atoms with Crippen molar-refractivity contribution >= 4 is 21.8 Å². The van der Waals surface area contributed by atoms with E-state index in [1.54, 1.807) is 0 Å². The summed E-state index contributed by atoms with van der Waals surface area (Å²) in [4.78, 5) is 21.9. The topological polar surface area (TPSA) is 36.4 Å². The molecule has 1 aromatic heterocycles. The molecule has 2 atom stereocenters. The highest BCUT2D eigenvalue weighted by molar-refractivity contribution is 9.10. The zero-order chi connectivity index (χ0) is 18.5. The molecular formula is C22H30BrN3O. The van der Waals surface area contributed by atoms with Crippen LogP contribution < -0.4 is 0 Å². The SMILES string of the molecule is O=C(CC12CC3CC(CC(Br)(C3)C1)C2)N1CCN(Cc2cccnc2)CC1. The molecule has 1 saturated heterocycles. The fourth-order valence-corrected chi connectivity index (χ4v) is 8.39. The van der Waals surface area contributed by atoms with Crippen molar-refractivity contribution in [2.45, 2.75) is 55.8 Å². The van der Waals surface area contributed by atoms with Gasteiger partial charge >= 0.3 is 0 Å². The quantitative estimate of drug-likeness (QED) is 0.679. The molecule has 0 N–H and O–H groups in total. The molecule has 1 amide bonds. The fourth-order valence-electron chi connectivity index (χ4n) is 6.88. The first-order chi connectivity index (χ1) is 13.0. The van der Waals surface area contributed by atoms with Crippen LogP contribution >= 0.6 is 15.9 Å². The molecule has 0 radical (unpaired) electrons. The second-order valence-corrected chi connectivity index (χ2v) is 11.5. The number of piperazine rings is 1. The van der Waals surface area contributed by atoms with Gasteiger partial charge in [0.15, 0.2) is 0 Å². The largest absolute Gasteiger partial charge is 0.340 e. The molecule has 1 aromatic rings. The van der Waals surface area contributed by atoms with Gasteiger partial charge in [0.25, 0.3) is 0 Å². The minimum absolute atomic E-state index is 0.289. The average Bonchev–Trinajstić information content (AvgIpc) is 2.60. The van der Waals surface area contributed by atoms with Gasteiger partial charge in [0.05, 0.1) is 0 Å². The normalized spacial score (nSPS) is 38.3. The maximum atomic E-state index is 13.1. The number of halogens is 1. The zero-order valence-corrected chi connectivity index (χ0v) is 17.7. The van der Waals surface area contributed by atoms with Crippen LogP contribution in [-0.2, 0) is 11.3 Å². The van der Waals surface area contributed by atoms with E-state index in [0.29, 0.717) is 10.2 Å². The number of alkyl halides is 1. The second kappa shape index (κ2) is 6.84. The van der Waals surface area contributed by atoms with E-state index < -0.39 is 0 Å². The van der Waals surface area contributed by atoms with Crippen LogP contribution in [0.4, 0.5) is 0 Å². The highest BCUT2D eigenvalue weighted by Gasteiger charge is 2.57. The molecule has 27 heavy (non-hydrogen) atoms. The van der Waals surface area contributed by atoms with Crippen molar-refractivity contribution in [1.82, 2.24) is 14.8 Å². The Morgan fingerprint density at radius 3 is 2.52 bits per heavy atom. The second-order valence-electron chi connectivity index (χ2n) is 9.81. The Hall–Kier alpha value is -0.940. The van der Waals surface area contributed by atoms with Crippen molar-refractivity contribution in [1.29, 1.82) is 0 Å². The lowest BCUT2D eigenvalue weighted by Gasteiger charge is -2.60. The summed E-state index contributed by atoms with van der Waals surface area (Å²) < 4.78 is 0.347. The van der Waals surface area contributed by atoms with Crippen LogP contribution in [0.3, 0.4) is 0 Å². The third-order valence-corrected chi connectivity index (χ3v) is 8.42. The Bertz CT molecular complexity index is 687. The lowest BCUT2D eigenvalue weighted by atomic mass is 9.48. The smallest absolute Gasteiger partial charge is 0.223 e. The Kier molecular flexibility index (Phi) is 4.59. The summed E-state index contributed by atoms with van der Waals surface area (Å²) in [5.41, 5.74) is 1.55. The van der Waals surface area contributed by atoms with E-state index in [1.807, 2.05) is 18.5 Å². The van der Waals surface area contributed by atoms with Gasteiger partial charge in [0.2, 0.25) is 5.91 Å². The van der Waals surface area contributed by atoms with Crippen LogP contribution in [0, 0.1) is 17.3 Å². The van der Waals surface area contributed by atoms with Crippen LogP contribution in [0.15, 0.2) is 24.5 Å². The van der Waals surface area contributed by atoms with Crippen LogP contribution in [0.25, 0.3) is 0 Å². The molecule has 4 aliphatic carbocycles. The van der Waals surface area contributed by atoms with E-state index >= 15 is 0 Å². The van der Waals surface area contributed by atoms with Gasteiger partial charge in [0, 0.05) is 55.9 Å². The minimum Gasteiger partial charge on any atom is -0.340 e. The van der Waals surface area contributed by atoms with Crippen molar-refractivity contribution in [3.05, 3.63) is 30.1 Å². The van der Waals surface area contributed by atoms with Gasteiger partial charge in [-0.1, -0.05) is 22.0 Å². The monoisotopic (exact) mass is 431 g/mol. The van der Waals surface area contributed by atoms with Crippen LogP contribution in [0.2, 0.25) is 0 Å². The molecule has 5 heteroatoms. The Morgan fingerprint density at radius 2 is 1.89 bits per heavy atom. The Balaban J connectivity index is 1.17. The van der Waals surface area contributed by atoms with Crippen molar-refractivity contribution in [3.8, 4) is 0 Å². The zero-order valence-electron chi connectivity index (χ0n) is 16.1. The number of carbonyl (C=O) groups excluding carboxylic acids is 1. The molecule has 0 spiro atoms. The molecule has 4 bridgehead atoms. The Labute approximate surface area is 170 Å². The molecule has 4 nitrogen and oxygen atoms in total. The number of aromatic nitrogens is 1. The predicted molar refractivity (Wildman–Crippen MR) is 109 cm³/mol. The summed E-state index contributed by atoms with van der Waals surface area (Å²) >= 11 is 4.08. The molecule has 6 rings (SSSR count). The van der Waals surface area contributed by atoms with Gasteiger partial charge < -0.3 is 4.90 Å². The highest BCUT2D eigenvalue weighted by Crippen LogP contribution is 2.65. The number of rotatable bonds is 4. The third kappa shape index (κ3) is 3.69. The van der Waals surface area contributed by atoms with Crippen molar-refractivity contribution in [2.75, 3.05) is 26.2 Å². The summed E-state index contributed by atoms with van der Waals surface area (Å²) in [5, 5.41) is 0. The van der Waals surface area contributed by atoms with Crippen LogP contribution in [0.5, 0.6) is 0 Å². The van der Waals surface area contributed by atoms with Gasteiger partial charge in [-0.05, 0) is 67.4 Å². The maximum Gasteiger partial charge on any atom is 0.223 e. The first kappa shape index (κ1) is 18.1. The first-order valence-electron chi connectivity index (χ1n) is 10.6. The summed E-state index contributed by atoms with van der Waals surface area (Å²) in [5.74, 6) is 2.12. The molecule has 0 aromatic carbocycles. The van der Waals surface area contributed by atoms with E-state index in [0.717, 1.165) is 51.0 Å². The van der Waals surface area contributed by atoms with Crippen LogP contribution in [-0.4, -0.2) is 51.2 Å². The minimum atomic E-state index is 0.289. The van der Waals surface area contributed by atoms with Crippen molar-refractivity contribution in [2.24, 2.45) is 17.3 Å². The molecule has 2 unspecified atom stereocenters. The first-order valence-corrected chi connectivity index (χ1v) is 11.4. The number of amides is 1. The predicted octanol–water partition coefficient (Wildman–Crippen LogP) is 3.85. The van der Waals surface area contributed by atoms with Crippen LogP contribution in [0.1, 0.15) is 50.5 Å².